The average molecular weight is 271 g/mol. The first-order chi connectivity index (χ1) is 10.3. The highest BCUT2D eigenvalue weighted by Gasteiger charge is 2.29. The highest BCUT2D eigenvalue weighted by molar-refractivity contribution is 6.21. The number of hydrogen-bond acceptors (Lipinski definition) is 2. The zero-order valence-electron chi connectivity index (χ0n) is 11.6. The summed E-state index contributed by atoms with van der Waals surface area (Å²) in [6.07, 6.45) is 0. The van der Waals surface area contributed by atoms with Crippen molar-refractivity contribution >= 4 is 5.78 Å². The number of fused-ring (bicyclic) bond motifs is 3. The van der Waals surface area contributed by atoms with Crippen LogP contribution in [0.25, 0.3) is 22.5 Å². The van der Waals surface area contributed by atoms with E-state index < -0.39 is 0 Å². The van der Waals surface area contributed by atoms with Gasteiger partial charge in [0, 0.05) is 16.7 Å². The molecule has 1 aliphatic carbocycles. The van der Waals surface area contributed by atoms with Gasteiger partial charge in [-0.3, -0.25) is 4.79 Å². The first-order valence-corrected chi connectivity index (χ1v) is 6.97. The normalized spacial score (nSPS) is 12.1. The lowest BCUT2D eigenvalue weighted by molar-refractivity contribution is 0.104. The largest absolute Gasteiger partial charge is 0.288 e. The summed E-state index contributed by atoms with van der Waals surface area (Å²) < 4.78 is 0. The van der Waals surface area contributed by atoms with E-state index in [9.17, 15) is 4.79 Å². The van der Waals surface area contributed by atoms with Gasteiger partial charge in [0.25, 0.3) is 0 Å². The Labute approximate surface area is 123 Å². The van der Waals surface area contributed by atoms with Crippen LogP contribution in [0.1, 0.15) is 21.5 Å². The van der Waals surface area contributed by atoms with Gasteiger partial charge in [0.2, 0.25) is 0 Å². The van der Waals surface area contributed by atoms with E-state index in [-0.39, 0.29) is 5.78 Å². The van der Waals surface area contributed by atoms with Gasteiger partial charge in [-0.15, -0.1) is 0 Å². The Morgan fingerprint density at radius 1 is 0.857 bits per heavy atom. The van der Waals surface area contributed by atoms with Crippen molar-refractivity contribution in [3.63, 3.8) is 0 Å². The molecular weight excluding hydrogens is 258 g/mol. The lowest BCUT2D eigenvalue weighted by atomic mass is 10.0. The zero-order valence-corrected chi connectivity index (χ0v) is 11.6. The summed E-state index contributed by atoms with van der Waals surface area (Å²) in [6.45, 7) is 1.98. The number of benzene rings is 2. The SMILES string of the molecule is Cc1cc(-c2ccccc2)nc2c1C(=O)c1ccccc1-2. The number of aromatic nitrogens is 1. The third-order valence-corrected chi connectivity index (χ3v) is 3.94. The molecule has 1 heterocycles. The Morgan fingerprint density at radius 2 is 1.52 bits per heavy atom. The van der Waals surface area contributed by atoms with Gasteiger partial charge in [-0.1, -0.05) is 54.6 Å². The number of carbonyl (C=O) groups is 1. The van der Waals surface area contributed by atoms with Gasteiger partial charge in [0.15, 0.2) is 5.78 Å². The Hall–Kier alpha value is -2.74. The van der Waals surface area contributed by atoms with E-state index in [1.54, 1.807) is 0 Å². The van der Waals surface area contributed by atoms with Crippen molar-refractivity contribution < 1.29 is 4.79 Å². The highest BCUT2D eigenvalue weighted by Crippen LogP contribution is 2.38. The van der Waals surface area contributed by atoms with Crippen LogP contribution in [0.2, 0.25) is 0 Å². The molecule has 0 spiro atoms. The molecular formula is C19H13NO. The molecule has 0 N–H and O–H groups in total. The second-order valence-corrected chi connectivity index (χ2v) is 5.29. The predicted octanol–water partition coefficient (Wildman–Crippen LogP) is 4.27. The highest BCUT2D eigenvalue weighted by atomic mass is 16.1. The van der Waals surface area contributed by atoms with Crippen molar-refractivity contribution in [1.29, 1.82) is 0 Å². The number of rotatable bonds is 1. The number of pyridine rings is 1. The molecule has 2 heteroatoms. The van der Waals surface area contributed by atoms with Gasteiger partial charge in [0.05, 0.1) is 17.0 Å². The second-order valence-electron chi connectivity index (χ2n) is 5.29. The molecule has 0 atom stereocenters. The Balaban J connectivity index is 2.00. The fourth-order valence-electron chi connectivity index (χ4n) is 2.93. The van der Waals surface area contributed by atoms with Gasteiger partial charge >= 0.3 is 0 Å². The Kier molecular flexibility index (Phi) is 2.51. The van der Waals surface area contributed by atoms with Crippen molar-refractivity contribution in [2.45, 2.75) is 6.92 Å². The second kappa shape index (κ2) is 4.38. The minimum absolute atomic E-state index is 0.0882. The van der Waals surface area contributed by atoms with E-state index in [1.165, 1.54) is 0 Å². The molecule has 0 amide bonds. The van der Waals surface area contributed by atoms with E-state index in [4.69, 9.17) is 4.98 Å². The molecule has 2 aromatic carbocycles. The molecule has 0 bridgehead atoms. The standard InChI is InChI=1S/C19H13NO/c1-12-11-16(13-7-3-2-4-8-13)20-18-14-9-5-6-10-15(14)19(21)17(12)18/h2-11H,1H3. The van der Waals surface area contributed by atoms with Gasteiger partial charge in [-0.25, -0.2) is 4.98 Å². The number of hydrogen-bond donors (Lipinski definition) is 0. The van der Waals surface area contributed by atoms with Gasteiger partial charge in [-0.05, 0) is 18.6 Å². The van der Waals surface area contributed by atoms with Gasteiger partial charge in [0.1, 0.15) is 0 Å². The smallest absolute Gasteiger partial charge is 0.196 e. The van der Waals surface area contributed by atoms with Crippen molar-refractivity contribution in [2.24, 2.45) is 0 Å². The molecule has 0 aliphatic heterocycles. The molecule has 0 saturated heterocycles. The van der Waals surface area contributed by atoms with Crippen LogP contribution in [0.5, 0.6) is 0 Å². The van der Waals surface area contributed by atoms with Gasteiger partial charge < -0.3 is 0 Å². The number of nitrogens with zero attached hydrogens (tertiary/aromatic N) is 1. The molecule has 1 aliphatic rings. The van der Waals surface area contributed by atoms with Crippen molar-refractivity contribution in [3.05, 3.63) is 77.4 Å². The summed E-state index contributed by atoms with van der Waals surface area (Å²) >= 11 is 0. The molecule has 1 aromatic heterocycles. The zero-order chi connectivity index (χ0) is 14.4. The quantitative estimate of drug-likeness (QED) is 0.517. The fourth-order valence-corrected chi connectivity index (χ4v) is 2.93. The van der Waals surface area contributed by atoms with Crippen LogP contribution >= 0.6 is 0 Å². The molecule has 0 fully saturated rings. The molecule has 0 radical (unpaired) electrons. The summed E-state index contributed by atoms with van der Waals surface area (Å²) in [5.74, 6) is 0.0882. The summed E-state index contributed by atoms with van der Waals surface area (Å²) in [5, 5.41) is 0. The summed E-state index contributed by atoms with van der Waals surface area (Å²) in [5.41, 5.74) is 6.23. The maximum absolute atomic E-state index is 12.5. The molecule has 0 unspecified atom stereocenters. The first-order valence-electron chi connectivity index (χ1n) is 6.97. The lowest BCUT2D eigenvalue weighted by Crippen LogP contribution is -1.99. The Morgan fingerprint density at radius 3 is 2.29 bits per heavy atom. The summed E-state index contributed by atoms with van der Waals surface area (Å²) in [4.78, 5) is 17.3. The maximum Gasteiger partial charge on any atom is 0.196 e. The van der Waals surface area contributed by atoms with E-state index in [1.807, 2.05) is 67.6 Å². The fraction of sp³-hybridized carbons (Fsp3) is 0.0526. The molecule has 21 heavy (non-hydrogen) atoms. The topological polar surface area (TPSA) is 30.0 Å². The van der Waals surface area contributed by atoms with Crippen LogP contribution in [0.4, 0.5) is 0 Å². The van der Waals surface area contributed by atoms with Crippen LogP contribution in [0.15, 0.2) is 60.7 Å². The number of carbonyl (C=O) groups excluding carboxylic acids is 1. The molecule has 0 saturated carbocycles. The predicted molar refractivity (Wildman–Crippen MR) is 83.3 cm³/mol. The minimum Gasteiger partial charge on any atom is -0.288 e. The summed E-state index contributed by atoms with van der Waals surface area (Å²) in [7, 11) is 0. The first kappa shape index (κ1) is 12.0. The van der Waals surface area contributed by atoms with Crippen molar-refractivity contribution in [2.75, 3.05) is 0 Å². The van der Waals surface area contributed by atoms with Crippen molar-refractivity contribution in [3.8, 4) is 22.5 Å². The van der Waals surface area contributed by atoms with Crippen LogP contribution in [-0.4, -0.2) is 10.8 Å². The van der Waals surface area contributed by atoms with Crippen LogP contribution in [-0.2, 0) is 0 Å². The van der Waals surface area contributed by atoms with Gasteiger partial charge in [-0.2, -0.15) is 0 Å². The van der Waals surface area contributed by atoms with E-state index in [0.29, 0.717) is 0 Å². The Bertz CT molecular complexity index is 866. The number of ketones is 1. The minimum atomic E-state index is 0.0882. The molecule has 2 nitrogen and oxygen atoms in total. The molecule has 3 aromatic rings. The molecule has 4 rings (SSSR count). The maximum atomic E-state index is 12.5. The van der Waals surface area contributed by atoms with Crippen LogP contribution in [0, 0.1) is 6.92 Å². The average Bonchev–Trinajstić information content (AvgIpc) is 2.82. The molecule has 100 valence electrons. The van der Waals surface area contributed by atoms with E-state index in [2.05, 4.69) is 0 Å². The third kappa shape index (κ3) is 1.73. The van der Waals surface area contributed by atoms with Crippen LogP contribution < -0.4 is 0 Å². The third-order valence-electron chi connectivity index (χ3n) is 3.94. The summed E-state index contributed by atoms with van der Waals surface area (Å²) in [6, 6.07) is 19.8. The number of aryl methyl sites for hydroxylation is 1. The van der Waals surface area contributed by atoms with E-state index in [0.717, 1.165) is 39.2 Å². The van der Waals surface area contributed by atoms with Crippen molar-refractivity contribution in [1.82, 2.24) is 4.98 Å². The monoisotopic (exact) mass is 271 g/mol. The lowest BCUT2D eigenvalue weighted by Gasteiger charge is -2.07. The van der Waals surface area contributed by atoms with E-state index >= 15 is 0 Å². The van der Waals surface area contributed by atoms with Crippen LogP contribution in [0.3, 0.4) is 0 Å².